The number of fused-ring (bicyclic) bond motifs is 1. The standard InChI is InChI=1S/C21H27N5/c1-14(18-11-10-17-8-6-7-9-19(17)12-18)24-21(22-4)23-13-20-15(2)25-26(5)16(20)3/h6-12,14H,13H2,1-5H3,(H2,22,23,24). The first-order chi connectivity index (χ1) is 12.5. The zero-order valence-electron chi connectivity index (χ0n) is 16.2. The molecule has 26 heavy (non-hydrogen) atoms. The highest BCUT2D eigenvalue weighted by molar-refractivity contribution is 5.84. The number of hydrogen-bond donors (Lipinski definition) is 2. The summed E-state index contributed by atoms with van der Waals surface area (Å²) < 4.78 is 1.92. The van der Waals surface area contributed by atoms with E-state index in [2.05, 4.69) is 77.0 Å². The predicted molar refractivity (Wildman–Crippen MR) is 108 cm³/mol. The van der Waals surface area contributed by atoms with E-state index in [9.17, 15) is 0 Å². The summed E-state index contributed by atoms with van der Waals surface area (Å²) in [6.45, 7) is 6.98. The van der Waals surface area contributed by atoms with Gasteiger partial charge in [0.2, 0.25) is 0 Å². The minimum atomic E-state index is 0.155. The van der Waals surface area contributed by atoms with E-state index in [4.69, 9.17) is 0 Å². The van der Waals surface area contributed by atoms with Gasteiger partial charge in [-0.15, -0.1) is 0 Å². The number of nitrogens with one attached hydrogen (secondary N) is 2. The lowest BCUT2D eigenvalue weighted by Gasteiger charge is -2.19. The molecular formula is C21H27N5. The first kappa shape index (κ1) is 18.0. The summed E-state index contributed by atoms with van der Waals surface area (Å²) in [6, 6.07) is 15.1. The Morgan fingerprint density at radius 3 is 2.54 bits per heavy atom. The first-order valence-electron chi connectivity index (χ1n) is 8.94. The summed E-state index contributed by atoms with van der Waals surface area (Å²) in [5.41, 5.74) is 4.68. The average Bonchev–Trinajstić information content (AvgIpc) is 2.90. The number of aryl methyl sites for hydroxylation is 2. The second-order valence-electron chi connectivity index (χ2n) is 6.67. The molecule has 1 heterocycles. The third-order valence-electron chi connectivity index (χ3n) is 4.94. The van der Waals surface area contributed by atoms with E-state index in [0.29, 0.717) is 6.54 Å². The monoisotopic (exact) mass is 349 g/mol. The highest BCUT2D eigenvalue weighted by Gasteiger charge is 2.12. The zero-order valence-corrected chi connectivity index (χ0v) is 16.2. The molecule has 2 aromatic carbocycles. The van der Waals surface area contributed by atoms with E-state index in [1.807, 2.05) is 18.7 Å². The third-order valence-corrected chi connectivity index (χ3v) is 4.94. The van der Waals surface area contributed by atoms with Gasteiger partial charge in [-0.05, 0) is 43.2 Å². The van der Waals surface area contributed by atoms with Crippen LogP contribution >= 0.6 is 0 Å². The SMILES string of the molecule is CN=C(NCc1c(C)nn(C)c1C)NC(C)c1ccc2ccccc2c1. The van der Waals surface area contributed by atoms with Crippen molar-refractivity contribution in [2.45, 2.75) is 33.4 Å². The van der Waals surface area contributed by atoms with Crippen LogP contribution in [-0.4, -0.2) is 22.8 Å². The molecule has 0 spiro atoms. The number of guanidine groups is 1. The Balaban J connectivity index is 1.68. The molecule has 1 aromatic heterocycles. The summed E-state index contributed by atoms with van der Waals surface area (Å²) in [5.74, 6) is 0.785. The van der Waals surface area contributed by atoms with Crippen molar-refractivity contribution < 1.29 is 0 Å². The lowest BCUT2D eigenvalue weighted by Crippen LogP contribution is -2.38. The maximum Gasteiger partial charge on any atom is 0.191 e. The summed E-state index contributed by atoms with van der Waals surface area (Å²) in [7, 11) is 3.77. The molecular weight excluding hydrogens is 322 g/mol. The van der Waals surface area contributed by atoms with Crippen LogP contribution in [0.4, 0.5) is 0 Å². The van der Waals surface area contributed by atoms with Crippen molar-refractivity contribution >= 4 is 16.7 Å². The fourth-order valence-corrected chi connectivity index (χ4v) is 3.21. The minimum absolute atomic E-state index is 0.155. The van der Waals surface area contributed by atoms with Crippen molar-refractivity contribution in [3.63, 3.8) is 0 Å². The van der Waals surface area contributed by atoms with E-state index >= 15 is 0 Å². The molecule has 136 valence electrons. The van der Waals surface area contributed by atoms with Gasteiger partial charge in [0.25, 0.3) is 0 Å². The largest absolute Gasteiger partial charge is 0.352 e. The molecule has 0 radical (unpaired) electrons. The molecule has 0 saturated heterocycles. The van der Waals surface area contributed by atoms with Crippen molar-refractivity contribution in [1.82, 2.24) is 20.4 Å². The fourth-order valence-electron chi connectivity index (χ4n) is 3.21. The molecule has 3 aromatic rings. The topological polar surface area (TPSA) is 54.2 Å². The minimum Gasteiger partial charge on any atom is -0.352 e. The van der Waals surface area contributed by atoms with Crippen LogP contribution in [0.2, 0.25) is 0 Å². The highest BCUT2D eigenvalue weighted by Crippen LogP contribution is 2.20. The molecule has 0 aliphatic heterocycles. The maximum absolute atomic E-state index is 4.47. The van der Waals surface area contributed by atoms with Crippen LogP contribution in [-0.2, 0) is 13.6 Å². The molecule has 2 N–H and O–H groups in total. The molecule has 0 aliphatic rings. The van der Waals surface area contributed by atoms with E-state index in [1.54, 1.807) is 7.05 Å². The Hall–Kier alpha value is -2.82. The van der Waals surface area contributed by atoms with E-state index in [-0.39, 0.29) is 6.04 Å². The second-order valence-corrected chi connectivity index (χ2v) is 6.67. The lowest BCUT2D eigenvalue weighted by molar-refractivity contribution is 0.684. The van der Waals surface area contributed by atoms with Gasteiger partial charge in [0.1, 0.15) is 0 Å². The smallest absolute Gasteiger partial charge is 0.191 e. The number of hydrogen-bond acceptors (Lipinski definition) is 2. The number of rotatable bonds is 4. The van der Waals surface area contributed by atoms with Crippen LogP contribution in [0.1, 0.15) is 35.5 Å². The van der Waals surface area contributed by atoms with Crippen molar-refractivity contribution in [1.29, 1.82) is 0 Å². The molecule has 0 bridgehead atoms. The van der Waals surface area contributed by atoms with Crippen LogP contribution in [0.15, 0.2) is 47.5 Å². The lowest BCUT2D eigenvalue weighted by atomic mass is 10.0. The molecule has 1 unspecified atom stereocenters. The van der Waals surface area contributed by atoms with Crippen molar-refractivity contribution in [2.24, 2.45) is 12.0 Å². The highest BCUT2D eigenvalue weighted by atomic mass is 15.3. The van der Waals surface area contributed by atoms with Gasteiger partial charge < -0.3 is 10.6 Å². The van der Waals surface area contributed by atoms with Gasteiger partial charge in [0, 0.05) is 31.9 Å². The summed E-state index contributed by atoms with van der Waals surface area (Å²) in [6.07, 6.45) is 0. The predicted octanol–water partition coefficient (Wildman–Crippen LogP) is 3.62. The van der Waals surface area contributed by atoms with Crippen molar-refractivity contribution in [3.05, 3.63) is 65.0 Å². The molecule has 5 heteroatoms. The second kappa shape index (κ2) is 7.60. The molecule has 0 amide bonds. The zero-order chi connectivity index (χ0) is 18.7. The van der Waals surface area contributed by atoms with Crippen molar-refractivity contribution in [2.75, 3.05) is 7.05 Å². The van der Waals surface area contributed by atoms with Crippen LogP contribution in [0.5, 0.6) is 0 Å². The normalized spacial score (nSPS) is 13.0. The van der Waals surface area contributed by atoms with Gasteiger partial charge in [0.05, 0.1) is 11.7 Å². The van der Waals surface area contributed by atoms with Gasteiger partial charge in [0.15, 0.2) is 5.96 Å². The van der Waals surface area contributed by atoms with Gasteiger partial charge in [-0.2, -0.15) is 5.10 Å². The molecule has 0 aliphatic carbocycles. The molecule has 3 rings (SSSR count). The summed E-state index contributed by atoms with van der Waals surface area (Å²) in [4.78, 5) is 4.36. The average molecular weight is 349 g/mol. The number of aromatic nitrogens is 2. The Morgan fingerprint density at radius 2 is 1.88 bits per heavy atom. The van der Waals surface area contributed by atoms with E-state index < -0.39 is 0 Å². The Bertz CT molecular complexity index is 939. The van der Waals surface area contributed by atoms with Crippen molar-refractivity contribution in [3.8, 4) is 0 Å². The first-order valence-corrected chi connectivity index (χ1v) is 8.94. The fraction of sp³-hybridized carbons (Fsp3) is 0.333. The maximum atomic E-state index is 4.47. The van der Waals surface area contributed by atoms with Crippen LogP contribution in [0.3, 0.4) is 0 Å². The number of nitrogens with zero attached hydrogens (tertiary/aromatic N) is 3. The summed E-state index contributed by atoms with van der Waals surface area (Å²) in [5, 5.41) is 13.9. The molecule has 1 atom stereocenters. The molecule has 0 saturated carbocycles. The van der Waals surface area contributed by atoms with Crippen LogP contribution < -0.4 is 10.6 Å². The Labute approximate surface area is 155 Å². The van der Waals surface area contributed by atoms with E-state index in [0.717, 1.165) is 11.7 Å². The third kappa shape index (κ3) is 3.72. The van der Waals surface area contributed by atoms with Gasteiger partial charge in [-0.3, -0.25) is 9.67 Å². The van der Waals surface area contributed by atoms with Crippen LogP contribution in [0.25, 0.3) is 10.8 Å². The van der Waals surface area contributed by atoms with Gasteiger partial charge in [-0.25, -0.2) is 0 Å². The quantitative estimate of drug-likeness (QED) is 0.559. The van der Waals surface area contributed by atoms with Gasteiger partial charge >= 0.3 is 0 Å². The summed E-state index contributed by atoms with van der Waals surface area (Å²) >= 11 is 0. The van der Waals surface area contributed by atoms with E-state index in [1.165, 1.54) is 27.6 Å². The molecule has 0 fully saturated rings. The molecule has 5 nitrogen and oxygen atoms in total. The number of aliphatic imine (C=N–C) groups is 1. The van der Waals surface area contributed by atoms with Crippen LogP contribution in [0, 0.1) is 13.8 Å². The van der Waals surface area contributed by atoms with Gasteiger partial charge in [-0.1, -0.05) is 36.4 Å². The Kier molecular flexibility index (Phi) is 5.26. The Morgan fingerprint density at radius 1 is 1.15 bits per heavy atom. The number of benzene rings is 2.